The number of ether oxygens (including phenoxy) is 1. The van der Waals surface area contributed by atoms with E-state index in [4.69, 9.17) is 4.74 Å². The molecule has 3 heteroatoms. The Morgan fingerprint density at radius 3 is 2.42 bits per heavy atom. The van der Waals surface area contributed by atoms with Gasteiger partial charge in [-0.1, -0.05) is 39.0 Å². The minimum Gasteiger partial charge on any atom is -0.496 e. The summed E-state index contributed by atoms with van der Waals surface area (Å²) in [4.78, 5) is 2.48. The van der Waals surface area contributed by atoms with Crippen LogP contribution in [0, 0.1) is 5.92 Å². The third-order valence-electron chi connectivity index (χ3n) is 3.37. The van der Waals surface area contributed by atoms with Crippen molar-refractivity contribution in [1.82, 2.24) is 10.2 Å². The van der Waals surface area contributed by atoms with E-state index in [1.807, 2.05) is 19.2 Å². The first-order valence-electron chi connectivity index (χ1n) is 7.14. The van der Waals surface area contributed by atoms with Gasteiger partial charge >= 0.3 is 0 Å². The molecule has 0 heterocycles. The summed E-state index contributed by atoms with van der Waals surface area (Å²) < 4.78 is 5.47. The predicted octanol–water partition coefficient (Wildman–Crippen LogP) is 2.93. The molecule has 0 aliphatic rings. The van der Waals surface area contributed by atoms with E-state index >= 15 is 0 Å². The highest BCUT2D eigenvalue weighted by Crippen LogP contribution is 2.25. The molecule has 19 heavy (non-hydrogen) atoms. The van der Waals surface area contributed by atoms with Crippen molar-refractivity contribution < 1.29 is 4.74 Å². The van der Waals surface area contributed by atoms with Crippen molar-refractivity contribution in [2.24, 2.45) is 5.92 Å². The van der Waals surface area contributed by atoms with Gasteiger partial charge in [0.15, 0.2) is 0 Å². The van der Waals surface area contributed by atoms with E-state index in [2.05, 4.69) is 43.1 Å². The molecular formula is C16H28N2O. The molecule has 3 nitrogen and oxygen atoms in total. The molecule has 0 aromatic heterocycles. The molecule has 1 unspecified atom stereocenters. The molecule has 0 saturated heterocycles. The normalized spacial score (nSPS) is 13.0. The van der Waals surface area contributed by atoms with Crippen LogP contribution in [-0.2, 0) is 0 Å². The zero-order valence-electron chi connectivity index (χ0n) is 12.9. The first kappa shape index (κ1) is 16.0. The van der Waals surface area contributed by atoms with Crippen LogP contribution in [0.5, 0.6) is 5.75 Å². The summed E-state index contributed by atoms with van der Waals surface area (Å²) in [6.07, 6.45) is 0. The Hall–Kier alpha value is -1.06. The number of rotatable bonds is 8. The first-order valence-corrected chi connectivity index (χ1v) is 7.14. The van der Waals surface area contributed by atoms with Crippen LogP contribution in [0.15, 0.2) is 24.3 Å². The smallest absolute Gasteiger partial charge is 0.123 e. The Labute approximate surface area is 118 Å². The van der Waals surface area contributed by atoms with E-state index < -0.39 is 0 Å². The maximum atomic E-state index is 5.47. The zero-order valence-corrected chi connectivity index (χ0v) is 12.9. The summed E-state index contributed by atoms with van der Waals surface area (Å²) in [6.45, 7) is 9.96. The van der Waals surface area contributed by atoms with Crippen LogP contribution in [0.3, 0.4) is 0 Å². The molecule has 1 aromatic carbocycles. The van der Waals surface area contributed by atoms with Crippen LogP contribution >= 0.6 is 0 Å². The fourth-order valence-electron chi connectivity index (χ4n) is 2.41. The zero-order chi connectivity index (χ0) is 14.3. The van der Waals surface area contributed by atoms with E-state index in [9.17, 15) is 0 Å². The number of benzene rings is 1. The average molecular weight is 264 g/mol. The van der Waals surface area contributed by atoms with Crippen LogP contribution in [-0.4, -0.2) is 38.7 Å². The summed E-state index contributed by atoms with van der Waals surface area (Å²) in [5.74, 6) is 1.65. The molecule has 1 N–H and O–H groups in total. The van der Waals surface area contributed by atoms with Gasteiger partial charge in [0.1, 0.15) is 5.75 Å². The molecule has 0 saturated carbocycles. The highest BCUT2D eigenvalue weighted by atomic mass is 16.5. The van der Waals surface area contributed by atoms with Crippen LogP contribution < -0.4 is 10.1 Å². The summed E-state index contributed by atoms with van der Waals surface area (Å²) in [6, 6.07) is 8.55. The Balaban J connectivity index is 2.81. The van der Waals surface area contributed by atoms with E-state index in [1.165, 1.54) is 5.56 Å². The number of hydrogen-bond donors (Lipinski definition) is 1. The monoisotopic (exact) mass is 264 g/mol. The molecule has 1 rings (SSSR count). The van der Waals surface area contributed by atoms with E-state index in [0.717, 1.165) is 25.4 Å². The van der Waals surface area contributed by atoms with Gasteiger partial charge in [0.25, 0.3) is 0 Å². The molecule has 108 valence electrons. The summed E-state index contributed by atoms with van der Waals surface area (Å²) in [5, 5.41) is 3.41. The van der Waals surface area contributed by atoms with Gasteiger partial charge in [0.2, 0.25) is 0 Å². The van der Waals surface area contributed by atoms with Gasteiger partial charge in [0, 0.05) is 24.7 Å². The van der Waals surface area contributed by atoms with Gasteiger partial charge in [0.05, 0.1) is 7.11 Å². The minimum atomic E-state index is 0.301. The van der Waals surface area contributed by atoms with Crippen LogP contribution in [0.1, 0.15) is 32.4 Å². The molecule has 0 aliphatic carbocycles. The molecule has 0 bridgehead atoms. The van der Waals surface area contributed by atoms with Crippen molar-refractivity contribution in [3.05, 3.63) is 29.8 Å². The van der Waals surface area contributed by atoms with E-state index in [-0.39, 0.29) is 0 Å². The molecule has 0 fully saturated rings. The van der Waals surface area contributed by atoms with Gasteiger partial charge < -0.3 is 15.0 Å². The Morgan fingerprint density at radius 1 is 1.21 bits per heavy atom. The van der Waals surface area contributed by atoms with Crippen molar-refractivity contribution in [2.75, 3.05) is 33.8 Å². The summed E-state index contributed by atoms with van der Waals surface area (Å²) in [7, 11) is 3.75. The van der Waals surface area contributed by atoms with Gasteiger partial charge in [-0.05, 0) is 25.6 Å². The molecule has 0 radical (unpaired) electrons. The molecule has 0 spiro atoms. The van der Waals surface area contributed by atoms with Gasteiger partial charge in [-0.25, -0.2) is 0 Å². The number of methoxy groups -OCH3 is 1. The van der Waals surface area contributed by atoms with Gasteiger partial charge in [-0.3, -0.25) is 0 Å². The first-order chi connectivity index (χ1) is 9.12. The number of nitrogens with zero attached hydrogens (tertiary/aromatic N) is 1. The largest absolute Gasteiger partial charge is 0.496 e. The summed E-state index contributed by atoms with van der Waals surface area (Å²) in [5.41, 5.74) is 1.23. The van der Waals surface area contributed by atoms with Crippen molar-refractivity contribution in [3.63, 3.8) is 0 Å². The van der Waals surface area contributed by atoms with Gasteiger partial charge in [-0.15, -0.1) is 0 Å². The standard InChI is InChI=1S/C16H28N2O/c1-6-18(11-13(2)3)12-15(17-4)14-9-7-8-10-16(14)19-5/h7-10,13,15,17H,6,11-12H2,1-5H3. The fourth-order valence-corrected chi connectivity index (χ4v) is 2.41. The number of likely N-dealkylation sites (N-methyl/N-ethyl adjacent to an activating group) is 2. The minimum absolute atomic E-state index is 0.301. The van der Waals surface area contributed by atoms with Crippen LogP contribution in [0.4, 0.5) is 0 Å². The second kappa shape index (κ2) is 8.18. The Morgan fingerprint density at radius 2 is 1.89 bits per heavy atom. The lowest BCUT2D eigenvalue weighted by atomic mass is 10.0. The summed E-state index contributed by atoms with van der Waals surface area (Å²) >= 11 is 0. The highest BCUT2D eigenvalue weighted by molar-refractivity contribution is 5.36. The number of para-hydroxylation sites is 1. The number of hydrogen-bond acceptors (Lipinski definition) is 3. The molecule has 0 amide bonds. The Bertz CT molecular complexity index is 366. The van der Waals surface area contributed by atoms with Crippen LogP contribution in [0.25, 0.3) is 0 Å². The van der Waals surface area contributed by atoms with Crippen molar-refractivity contribution in [3.8, 4) is 5.75 Å². The second-order valence-corrected chi connectivity index (χ2v) is 5.33. The third-order valence-corrected chi connectivity index (χ3v) is 3.37. The molecular weight excluding hydrogens is 236 g/mol. The molecule has 1 atom stereocenters. The fraction of sp³-hybridized carbons (Fsp3) is 0.625. The maximum absolute atomic E-state index is 5.47. The van der Waals surface area contributed by atoms with Crippen molar-refractivity contribution >= 4 is 0 Å². The van der Waals surface area contributed by atoms with E-state index in [1.54, 1.807) is 7.11 Å². The van der Waals surface area contributed by atoms with Crippen LogP contribution in [0.2, 0.25) is 0 Å². The Kier molecular flexibility index (Phi) is 6.89. The van der Waals surface area contributed by atoms with Crippen molar-refractivity contribution in [2.45, 2.75) is 26.8 Å². The van der Waals surface area contributed by atoms with Gasteiger partial charge in [-0.2, -0.15) is 0 Å². The average Bonchev–Trinajstić information content (AvgIpc) is 2.43. The SMILES string of the molecule is CCN(CC(C)C)CC(NC)c1ccccc1OC. The maximum Gasteiger partial charge on any atom is 0.123 e. The lowest BCUT2D eigenvalue weighted by molar-refractivity contribution is 0.230. The topological polar surface area (TPSA) is 24.5 Å². The second-order valence-electron chi connectivity index (χ2n) is 5.33. The van der Waals surface area contributed by atoms with E-state index in [0.29, 0.717) is 12.0 Å². The number of nitrogens with one attached hydrogen (secondary N) is 1. The lowest BCUT2D eigenvalue weighted by Gasteiger charge is -2.28. The quantitative estimate of drug-likeness (QED) is 0.781. The van der Waals surface area contributed by atoms with Crippen molar-refractivity contribution in [1.29, 1.82) is 0 Å². The third kappa shape index (κ3) is 4.84. The predicted molar refractivity (Wildman–Crippen MR) is 81.7 cm³/mol. The molecule has 1 aromatic rings. The highest BCUT2D eigenvalue weighted by Gasteiger charge is 2.17. The lowest BCUT2D eigenvalue weighted by Crippen LogP contribution is -2.36. The molecule has 0 aliphatic heterocycles.